The van der Waals surface area contributed by atoms with Crippen molar-refractivity contribution in [2.45, 2.75) is 25.9 Å². The van der Waals surface area contributed by atoms with Crippen molar-refractivity contribution in [3.8, 4) is 11.5 Å². The van der Waals surface area contributed by atoms with Crippen molar-refractivity contribution < 1.29 is 13.9 Å². The Morgan fingerprint density at radius 1 is 0.971 bits per heavy atom. The van der Waals surface area contributed by atoms with Crippen molar-refractivity contribution in [3.63, 3.8) is 0 Å². The van der Waals surface area contributed by atoms with Crippen LogP contribution in [-0.4, -0.2) is 36.4 Å². The van der Waals surface area contributed by atoms with Crippen LogP contribution in [0.5, 0.6) is 11.5 Å². The summed E-state index contributed by atoms with van der Waals surface area (Å²) in [7, 11) is 3.24. The zero-order chi connectivity index (χ0) is 23.8. The summed E-state index contributed by atoms with van der Waals surface area (Å²) >= 11 is 0. The van der Waals surface area contributed by atoms with Gasteiger partial charge >= 0.3 is 5.69 Å². The van der Waals surface area contributed by atoms with E-state index in [0.717, 1.165) is 34.3 Å². The van der Waals surface area contributed by atoms with Crippen LogP contribution in [0.2, 0.25) is 0 Å². The van der Waals surface area contributed by atoms with Crippen molar-refractivity contribution in [3.05, 3.63) is 88.1 Å². The minimum Gasteiger partial charge on any atom is -0.496 e. The number of para-hydroxylation sites is 3. The number of benzene rings is 3. The molecule has 1 aliphatic rings. The van der Waals surface area contributed by atoms with E-state index >= 15 is 0 Å². The second kappa shape index (κ2) is 8.89. The van der Waals surface area contributed by atoms with Gasteiger partial charge in [-0.15, -0.1) is 0 Å². The minimum atomic E-state index is -0.228. The van der Waals surface area contributed by atoms with Gasteiger partial charge in [0.05, 0.1) is 38.0 Å². The first-order valence-corrected chi connectivity index (χ1v) is 11.4. The van der Waals surface area contributed by atoms with Gasteiger partial charge in [0.1, 0.15) is 22.8 Å². The molecule has 1 fully saturated rings. The first-order valence-electron chi connectivity index (χ1n) is 11.4. The summed E-state index contributed by atoms with van der Waals surface area (Å²) in [4.78, 5) is 15.9. The van der Waals surface area contributed by atoms with Crippen LogP contribution >= 0.6 is 0 Å². The predicted molar refractivity (Wildman–Crippen MR) is 132 cm³/mol. The Morgan fingerprint density at radius 2 is 1.71 bits per heavy atom. The van der Waals surface area contributed by atoms with Gasteiger partial charge in [0.15, 0.2) is 0 Å². The number of methoxy groups -OCH3 is 2. The molecule has 3 aromatic carbocycles. The van der Waals surface area contributed by atoms with Gasteiger partial charge in [-0.3, -0.25) is 9.13 Å². The zero-order valence-electron chi connectivity index (χ0n) is 19.6. The largest absolute Gasteiger partial charge is 0.496 e. The molecular weight excluding hydrogens is 433 g/mol. The molecule has 1 aliphatic heterocycles. The zero-order valence-corrected chi connectivity index (χ0v) is 19.6. The number of nitrogens with zero attached hydrogens (tertiary/aromatic N) is 3. The van der Waals surface area contributed by atoms with Crippen LogP contribution in [0, 0.1) is 12.7 Å². The molecule has 1 atom stereocenters. The quantitative estimate of drug-likeness (QED) is 0.415. The Kier molecular flexibility index (Phi) is 5.77. The summed E-state index contributed by atoms with van der Waals surface area (Å²) in [5, 5.41) is 0. The highest BCUT2D eigenvalue weighted by atomic mass is 19.1. The van der Waals surface area contributed by atoms with Gasteiger partial charge in [0.2, 0.25) is 0 Å². The molecule has 1 aromatic heterocycles. The third kappa shape index (κ3) is 3.61. The van der Waals surface area contributed by atoms with E-state index in [-0.39, 0.29) is 17.5 Å². The van der Waals surface area contributed by atoms with E-state index in [2.05, 4.69) is 0 Å². The molecule has 0 spiro atoms. The molecule has 0 bridgehead atoms. The first kappa shape index (κ1) is 22.1. The van der Waals surface area contributed by atoms with E-state index in [1.165, 1.54) is 6.07 Å². The fourth-order valence-electron chi connectivity index (χ4n) is 5.15. The van der Waals surface area contributed by atoms with Gasteiger partial charge in [0.25, 0.3) is 0 Å². The normalized spacial score (nSPS) is 15.8. The molecule has 5 rings (SSSR count). The van der Waals surface area contributed by atoms with Gasteiger partial charge in [0, 0.05) is 18.7 Å². The molecule has 0 amide bonds. The van der Waals surface area contributed by atoms with Crippen LogP contribution in [0.4, 0.5) is 10.1 Å². The maximum Gasteiger partial charge on any atom is 0.329 e. The fraction of sp³-hybridized carbons (Fsp3) is 0.296. The van der Waals surface area contributed by atoms with Crippen LogP contribution in [-0.2, 0) is 6.54 Å². The summed E-state index contributed by atoms with van der Waals surface area (Å²) < 4.78 is 29.4. The number of anilines is 1. The van der Waals surface area contributed by atoms with E-state index in [1.54, 1.807) is 24.9 Å². The van der Waals surface area contributed by atoms with Crippen molar-refractivity contribution in [2.75, 3.05) is 32.2 Å². The second-order valence-corrected chi connectivity index (χ2v) is 8.67. The van der Waals surface area contributed by atoms with Crippen molar-refractivity contribution in [1.82, 2.24) is 9.13 Å². The number of hydrogen-bond acceptors (Lipinski definition) is 4. The summed E-state index contributed by atoms with van der Waals surface area (Å²) in [6.07, 6.45) is 0.749. The highest BCUT2D eigenvalue weighted by Crippen LogP contribution is 2.34. The lowest BCUT2D eigenvalue weighted by molar-refractivity contribution is 0.407. The van der Waals surface area contributed by atoms with Gasteiger partial charge < -0.3 is 14.4 Å². The van der Waals surface area contributed by atoms with Gasteiger partial charge in [-0.05, 0) is 43.2 Å². The van der Waals surface area contributed by atoms with Gasteiger partial charge in [-0.2, -0.15) is 0 Å². The third-order valence-corrected chi connectivity index (χ3v) is 6.72. The maximum atomic E-state index is 14.6. The van der Waals surface area contributed by atoms with Crippen molar-refractivity contribution in [2.24, 2.45) is 0 Å². The molecule has 34 heavy (non-hydrogen) atoms. The molecule has 176 valence electrons. The summed E-state index contributed by atoms with van der Waals surface area (Å²) in [5.41, 5.74) is 3.88. The number of aryl methyl sites for hydroxylation is 1. The minimum absolute atomic E-state index is 0.0833. The molecular formula is C27H28FN3O3. The van der Waals surface area contributed by atoms with Crippen LogP contribution < -0.4 is 20.1 Å². The number of fused-ring (bicyclic) bond motifs is 1. The lowest BCUT2D eigenvalue weighted by atomic mass is 10.2. The van der Waals surface area contributed by atoms with E-state index in [1.807, 2.05) is 64.9 Å². The average Bonchev–Trinajstić information content (AvgIpc) is 3.42. The Labute approximate surface area is 197 Å². The lowest BCUT2D eigenvalue weighted by Crippen LogP contribution is -2.30. The molecule has 7 heteroatoms. The Balaban J connectivity index is 1.60. The molecule has 1 unspecified atom stereocenters. The number of imidazole rings is 1. The maximum absolute atomic E-state index is 14.6. The number of halogens is 1. The van der Waals surface area contributed by atoms with E-state index in [0.29, 0.717) is 31.1 Å². The molecule has 0 aliphatic carbocycles. The summed E-state index contributed by atoms with van der Waals surface area (Å²) in [5.74, 6) is 1.14. The van der Waals surface area contributed by atoms with Gasteiger partial charge in [-0.25, -0.2) is 9.18 Å². The Morgan fingerprint density at radius 3 is 2.47 bits per heavy atom. The molecule has 0 radical (unpaired) electrons. The molecule has 2 heterocycles. The molecule has 6 nitrogen and oxygen atoms in total. The van der Waals surface area contributed by atoms with Crippen LogP contribution in [0.25, 0.3) is 11.0 Å². The van der Waals surface area contributed by atoms with Crippen LogP contribution in [0.3, 0.4) is 0 Å². The second-order valence-electron chi connectivity index (χ2n) is 8.67. The average molecular weight is 462 g/mol. The van der Waals surface area contributed by atoms with Crippen molar-refractivity contribution >= 4 is 16.7 Å². The standard InChI is InChI=1S/C27H28FN3O3/c1-18-8-6-10-21(28)25(18)29-15-14-20(17-29)31-22-11-7-13-24(34-3)26(22)30(27(31)32)16-19-9-4-5-12-23(19)33-2/h4-13,20H,14-17H2,1-3H3. The SMILES string of the molecule is COc1ccccc1Cn1c(=O)n(C2CCN(c3c(C)cccc3F)C2)c2cccc(OC)c21. The Bertz CT molecular complexity index is 1390. The first-order chi connectivity index (χ1) is 16.5. The summed E-state index contributed by atoms with van der Waals surface area (Å²) in [6, 6.07) is 18.5. The molecule has 0 N–H and O–H groups in total. The predicted octanol–water partition coefficient (Wildman–Crippen LogP) is 4.77. The van der Waals surface area contributed by atoms with Gasteiger partial charge in [-0.1, -0.05) is 36.4 Å². The number of hydrogen-bond donors (Lipinski definition) is 0. The Hall–Kier alpha value is -3.74. The van der Waals surface area contributed by atoms with Crippen LogP contribution in [0.1, 0.15) is 23.6 Å². The number of rotatable bonds is 6. The third-order valence-electron chi connectivity index (χ3n) is 6.72. The molecule has 1 saturated heterocycles. The summed E-state index contributed by atoms with van der Waals surface area (Å²) in [6.45, 7) is 3.52. The van der Waals surface area contributed by atoms with Crippen molar-refractivity contribution in [1.29, 1.82) is 0 Å². The monoisotopic (exact) mass is 461 g/mol. The number of ether oxygens (including phenoxy) is 2. The fourth-order valence-corrected chi connectivity index (χ4v) is 5.15. The molecule has 4 aromatic rings. The smallest absolute Gasteiger partial charge is 0.329 e. The highest BCUT2D eigenvalue weighted by Gasteiger charge is 2.31. The van der Waals surface area contributed by atoms with Crippen LogP contribution in [0.15, 0.2) is 65.5 Å². The topological polar surface area (TPSA) is 48.6 Å². The molecule has 0 saturated carbocycles. The van der Waals surface area contributed by atoms with E-state index in [9.17, 15) is 9.18 Å². The number of aromatic nitrogens is 2. The highest BCUT2D eigenvalue weighted by molar-refractivity contribution is 5.83. The lowest BCUT2D eigenvalue weighted by Gasteiger charge is -2.21. The van der Waals surface area contributed by atoms with E-state index in [4.69, 9.17) is 9.47 Å². The van der Waals surface area contributed by atoms with E-state index < -0.39 is 0 Å².